The topological polar surface area (TPSA) is 114 Å². The molecule has 1 saturated heterocycles. The van der Waals surface area contributed by atoms with Crippen molar-refractivity contribution in [3.8, 4) is 11.1 Å². The normalized spacial score (nSPS) is 16.0. The van der Waals surface area contributed by atoms with Crippen molar-refractivity contribution in [2.45, 2.75) is 31.6 Å². The molecule has 5 rings (SSSR count). The van der Waals surface area contributed by atoms with Crippen LogP contribution in [-0.2, 0) is 23.0 Å². The monoisotopic (exact) mass is 664 g/mol. The van der Waals surface area contributed by atoms with E-state index in [1.807, 2.05) is 0 Å². The van der Waals surface area contributed by atoms with E-state index >= 15 is 8.78 Å². The van der Waals surface area contributed by atoms with Crippen LogP contribution >= 0.6 is 11.6 Å². The van der Waals surface area contributed by atoms with Crippen molar-refractivity contribution >= 4 is 40.1 Å². The Bertz CT molecular complexity index is 1890. The first kappa shape index (κ1) is 32.8. The highest BCUT2D eigenvalue weighted by Gasteiger charge is 2.46. The molecule has 242 valence electrons. The van der Waals surface area contributed by atoms with E-state index in [9.17, 15) is 32.7 Å². The third kappa shape index (κ3) is 6.27. The lowest BCUT2D eigenvalue weighted by atomic mass is 9.95. The molecule has 1 aliphatic rings. The van der Waals surface area contributed by atoms with Gasteiger partial charge in [-0.05, 0) is 36.8 Å². The Labute approximate surface area is 263 Å². The van der Waals surface area contributed by atoms with Gasteiger partial charge in [0.05, 0.1) is 29.3 Å². The van der Waals surface area contributed by atoms with Crippen LogP contribution in [0.25, 0.3) is 22.0 Å². The average Bonchev–Trinajstić information content (AvgIpc) is 2.99. The molecule has 4 aromatic rings. The molecule has 0 bridgehead atoms. The summed E-state index contributed by atoms with van der Waals surface area (Å²) in [5.74, 6) is -5.89. The van der Waals surface area contributed by atoms with Gasteiger partial charge in [-0.2, -0.15) is 13.2 Å². The summed E-state index contributed by atoms with van der Waals surface area (Å²) >= 11 is 6.44. The minimum atomic E-state index is -4.75. The van der Waals surface area contributed by atoms with E-state index in [0.717, 1.165) is 4.90 Å². The quantitative estimate of drug-likeness (QED) is 0.267. The van der Waals surface area contributed by atoms with Gasteiger partial charge in [0, 0.05) is 48.5 Å². The van der Waals surface area contributed by atoms with Crippen molar-refractivity contribution < 1.29 is 41.4 Å². The summed E-state index contributed by atoms with van der Waals surface area (Å²) in [6, 6.07) is 5.26. The van der Waals surface area contributed by atoms with Crippen LogP contribution in [0.2, 0.25) is 5.02 Å². The highest BCUT2D eigenvalue weighted by atomic mass is 35.5. The Kier molecular flexibility index (Phi) is 9.05. The van der Waals surface area contributed by atoms with E-state index in [1.54, 1.807) is 38.2 Å². The van der Waals surface area contributed by atoms with Crippen LogP contribution in [0.3, 0.4) is 0 Å². The van der Waals surface area contributed by atoms with Crippen LogP contribution in [0.15, 0.2) is 53.5 Å². The second kappa shape index (κ2) is 12.7. The van der Waals surface area contributed by atoms with Crippen LogP contribution in [0, 0.1) is 18.6 Å². The fourth-order valence-electron chi connectivity index (χ4n) is 5.41. The SMILES string of the molecule is Cc1cc(Cl)c(-c2ccc(CC(NC(=O)c3c(F)cc(N4CCOC[C@@H]4C(F)(F)F)cc3F)C(=O)O)c3cccnc23)c(=O)n1C. The number of ether oxygens (including phenoxy) is 1. The predicted octanol–water partition coefficient (Wildman–Crippen LogP) is 5.03. The summed E-state index contributed by atoms with van der Waals surface area (Å²) in [5, 5.41) is 12.7. The third-order valence-corrected chi connectivity index (χ3v) is 8.17. The molecule has 9 nitrogen and oxygen atoms in total. The zero-order valence-corrected chi connectivity index (χ0v) is 25.0. The summed E-state index contributed by atoms with van der Waals surface area (Å²) in [5.41, 5.74) is -0.0835. The maximum absolute atomic E-state index is 15.1. The van der Waals surface area contributed by atoms with E-state index in [0.29, 0.717) is 39.9 Å². The number of nitrogens with one attached hydrogen (secondary N) is 1. The first-order chi connectivity index (χ1) is 21.7. The standard InChI is InChI=1S/C31H26ClF5N4O5/c1-15-10-20(32)25(29(43)40(15)2)19-6-5-16(18-4-3-7-38-27(18)19)11-23(30(44)45)39-28(42)26-21(33)12-17(13-22(26)34)41-8-9-46-14-24(41)31(35,36)37/h3-7,10,12-13,23-24H,8-9,11,14H2,1-2H3,(H,39,42)(H,44,45)/t23?,24-/m1/s1. The molecular weight excluding hydrogens is 639 g/mol. The molecule has 1 amide bonds. The van der Waals surface area contributed by atoms with Crippen molar-refractivity contribution in [1.82, 2.24) is 14.9 Å². The number of aromatic nitrogens is 2. The zero-order chi connectivity index (χ0) is 33.5. The number of fused-ring (bicyclic) bond motifs is 1. The number of aryl methyl sites for hydroxylation is 1. The highest BCUT2D eigenvalue weighted by molar-refractivity contribution is 6.33. The summed E-state index contributed by atoms with van der Waals surface area (Å²) in [6.07, 6.45) is -3.63. The summed E-state index contributed by atoms with van der Waals surface area (Å²) < 4.78 is 77.0. The van der Waals surface area contributed by atoms with Crippen LogP contribution in [0.4, 0.5) is 27.6 Å². The lowest BCUT2D eigenvalue weighted by molar-refractivity contribution is -0.167. The Morgan fingerprint density at radius 3 is 2.52 bits per heavy atom. The fraction of sp³-hybridized carbons (Fsp3) is 0.290. The van der Waals surface area contributed by atoms with E-state index < -0.39 is 59.6 Å². The van der Waals surface area contributed by atoms with Gasteiger partial charge in [0.25, 0.3) is 11.5 Å². The maximum atomic E-state index is 15.1. The largest absolute Gasteiger partial charge is 0.480 e. The minimum Gasteiger partial charge on any atom is -0.480 e. The maximum Gasteiger partial charge on any atom is 0.411 e. The highest BCUT2D eigenvalue weighted by Crippen LogP contribution is 2.34. The van der Waals surface area contributed by atoms with Crippen LogP contribution in [0.1, 0.15) is 21.6 Å². The molecule has 0 aliphatic carbocycles. The first-order valence-electron chi connectivity index (χ1n) is 13.9. The van der Waals surface area contributed by atoms with Crippen LogP contribution < -0.4 is 15.8 Å². The molecule has 2 aromatic carbocycles. The van der Waals surface area contributed by atoms with Crippen molar-refractivity contribution in [1.29, 1.82) is 0 Å². The Balaban J connectivity index is 1.45. The van der Waals surface area contributed by atoms with Crippen molar-refractivity contribution in [3.05, 3.63) is 92.5 Å². The molecule has 0 radical (unpaired) electrons. The minimum absolute atomic E-state index is 0.113. The zero-order valence-electron chi connectivity index (χ0n) is 24.3. The molecule has 3 heterocycles. The molecule has 0 saturated carbocycles. The number of hydrogen-bond donors (Lipinski definition) is 2. The van der Waals surface area contributed by atoms with E-state index in [1.165, 1.54) is 16.8 Å². The van der Waals surface area contributed by atoms with Crippen molar-refractivity contribution in [2.24, 2.45) is 7.05 Å². The van der Waals surface area contributed by atoms with E-state index in [4.69, 9.17) is 16.3 Å². The number of carboxylic acid groups (broad SMARTS) is 1. The molecule has 1 unspecified atom stereocenters. The lowest BCUT2D eigenvalue weighted by Crippen LogP contribution is -2.53. The van der Waals surface area contributed by atoms with Gasteiger partial charge in [-0.3, -0.25) is 14.6 Å². The average molecular weight is 665 g/mol. The third-order valence-electron chi connectivity index (χ3n) is 7.87. The van der Waals surface area contributed by atoms with Crippen molar-refractivity contribution in [2.75, 3.05) is 24.7 Å². The molecule has 1 fully saturated rings. The molecule has 2 atom stereocenters. The van der Waals surface area contributed by atoms with E-state index in [-0.39, 0.29) is 35.7 Å². The molecule has 2 N–H and O–H groups in total. The first-order valence-corrected chi connectivity index (χ1v) is 14.2. The predicted molar refractivity (Wildman–Crippen MR) is 159 cm³/mol. The molecule has 0 spiro atoms. The van der Waals surface area contributed by atoms with Gasteiger partial charge in [0.1, 0.15) is 29.3 Å². The number of amides is 1. The van der Waals surface area contributed by atoms with Crippen LogP contribution in [0.5, 0.6) is 0 Å². The summed E-state index contributed by atoms with van der Waals surface area (Å²) in [6.45, 7) is 0.561. The Morgan fingerprint density at radius 2 is 1.87 bits per heavy atom. The summed E-state index contributed by atoms with van der Waals surface area (Å²) in [7, 11) is 1.59. The number of morpholine rings is 1. The molecule has 1 aliphatic heterocycles. The fourth-order valence-corrected chi connectivity index (χ4v) is 5.76. The van der Waals surface area contributed by atoms with E-state index in [2.05, 4.69) is 10.3 Å². The smallest absolute Gasteiger partial charge is 0.411 e. The number of halogens is 6. The number of anilines is 1. The lowest BCUT2D eigenvalue weighted by Gasteiger charge is -2.38. The van der Waals surface area contributed by atoms with Gasteiger partial charge in [-0.15, -0.1) is 0 Å². The van der Waals surface area contributed by atoms with Gasteiger partial charge in [0.2, 0.25) is 0 Å². The van der Waals surface area contributed by atoms with Gasteiger partial charge < -0.3 is 24.6 Å². The van der Waals surface area contributed by atoms with Gasteiger partial charge in [-0.25, -0.2) is 13.6 Å². The van der Waals surface area contributed by atoms with Crippen molar-refractivity contribution in [3.63, 3.8) is 0 Å². The number of benzene rings is 2. The number of hydrogen-bond acceptors (Lipinski definition) is 6. The number of rotatable bonds is 7. The van der Waals surface area contributed by atoms with Crippen LogP contribution in [-0.4, -0.2) is 64.6 Å². The molecular formula is C31H26ClF5N4O5. The number of carbonyl (C=O) groups excluding carboxylic acids is 1. The number of aliphatic carboxylic acids is 1. The molecule has 46 heavy (non-hydrogen) atoms. The van der Waals surface area contributed by atoms with Gasteiger partial charge in [0.15, 0.2) is 0 Å². The van der Waals surface area contributed by atoms with Gasteiger partial charge >= 0.3 is 12.1 Å². The molecule has 15 heteroatoms. The van der Waals surface area contributed by atoms with Gasteiger partial charge in [-0.1, -0.05) is 29.8 Å². The molecule has 2 aromatic heterocycles. The number of nitrogens with zero attached hydrogens (tertiary/aromatic N) is 3. The summed E-state index contributed by atoms with van der Waals surface area (Å²) in [4.78, 5) is 43.4. The Hall–Kier alpha value is -4.56. The number of carbonyl (C=O) groups is 2. The second-order valence-electron chi connectivity index (χ2n) is 10.7. The number of carboxylic acids is 1. The number of alkyl halides is 3. The second-order valence-corrected chi connectivity index (χ2v) is 11.1. The Morgan fingerprint density at radius 1 is 1.17 bits per heavy atom. The number of pyridine rings is 2.